The largest absolute Gasteiger partial charge is 0.490 e. The van der Waals surface area contributed by atoms with Crippen molar-refractivity contribution >= 4 is 11.6 Å². The first kappa shape index (κ1) is 17.3. The summed E-state index contributed by atoms with van der Waals surface area (Å²) < 4.78 is 6.02. The summed E-state index contributed by atoms with van der Waals surface area (Å²) in [4.78, 5) is 0. The number of rotatable bonds is 5. The second kappa shape index (κ2) is 8.02. The van der Waals surface area contributed by atoms with Gasteiger partial charge < -0.3 is 15.6 Å². The summed E-state index contributed by atoms with van der Waals surface area (Å²) in [6.07, 6.45) is 5.63. The first-order valence-electron chi connectivity index (χ1n) is 8.59. The van der Waals surface area contributed by atoms with E-state index in [1.54, 1.807) is 12.1 Å². The third kappa shape index (κ3) is 4.29. The summed E-state index contributed by atoms with van der Waals surface area (Å²) in [5.74, 6) is 0.859. The number of benzene rings is 2. The lowest BCUT2D eigenvalue weighted by atomic mass is 9.96. The van der Waals surface area contributed by atoms with Crippen LogP contribution < -0.4 is 10.5 Å². The van der Waals surface area contributed by atoms with Gasteiger partial charge in [-0.05, 0) is 61.1 Å². The van der Waals surface area contributed by atoms with Gasteiger partial charge in [-0.3, -0.25) is 0 Å². The summed E-state index contributed by atoms with van der Waals surface area (Å²) in [5, 5.41) is 11.2. The minimum Gasteiger partial charge on any atom is -0.490 e. The molecule has 1 fully saturated rings. The number of nitrogens with two attached hydrogens (primary N) is 1. The summed E-state index contributed by atoms with van der Waals surface area (Å²) in [6.45, 7) is 0. The van der Waals surface area contributed by atoms with Gasteiger partial charge in [0.2, 0.25) is 0 Å². The molecule has 0 heterocycles. The fourth-order valence-corrected chi connectivity index (χ4v) is 3.32. The number of halogens is 1. The smallest absolute Gasteiger partial charge is 0.119 e. The molecule has 1 saturated carbocycles. The predicted molar refractivity (Wildman–Crippen MR) is 97.3 cm³/mol. The molecule has 2 unspecified atom stereocenters. The fraction of sp³-hybridized carbons (Fsp3) is 0.400. The molecule has 0 saturated heterocycles. The van der Waals surface area contributed by atoms with Crippen molar-refractivity contribution in [2.75, 3.05) is 0 Å². The highest BCUT2D eigenvalue weighted by Gasteiger charge is 2.19. The Morgan fingerprint density at radius 1 is 0.917 bits per heavy atom. The number of hydrogen-bond donors (Lipinski definition) is 2. The third-order valence-electron chi connectivity index (χ3n) is 4.67. The first-order valence-corrected chi connectivity index (χ1v) is 8.97. The van der Waals surface area contributed by atoms with E-state index in [1.807, 2.05) is 36.4 Å². The predicted octanol–water partition coefficient (Wildman–Crippen LogP) is 4.78. The van der Waals surface area contributed by atoms with E-state index in [0.29, 0.717) is 11.1 Å². The average Bonchev–Trinajstić information content (AvgIpc) is 2.63. The van der Waals surface area contributed by atoms with Crippen molar-refractivity contribution in [1.29, 1.82) is 0 Å². The lowest BCUT2D eigenvalue weighted by molar-refractivity contribution is 0.145. The Hall–Kier alpha value is -1.55. The van der Waals surface area contributed by atoms with Gasteiger partial charge in [0.25, 0.3) is 0 Å². The van der Waals surface area contributed by atoms with E-state index in [-0.39, 0.29) is 0 Å². The quantitative estimate of drug-likeness (QED) is 0.819. The lowest BCUT2D eigenvalue weighted by Gasteiger charge is -2.24. The van der Waals surface area contributed by atoms with Crippen molar-refractivity contribution in [3.63, 3.8) is 0 Å². The van der Waals surface area contributed by atoms with Gasteiger partial charge in [-0.25, -0.2) is 0 Å². The molecule has 1 aliphatic carbocycles. The Morgan fingerprint density at radius 2 is 1.50 bits per heavy atom. The standard InChI is InChI=1S/C20H24ClNO2/c21-16-10-6-14(7-11-16)19(22)20(23)15-8-12-18(13-9-15)24-17-4-2-1-3-5-17/h6-13,17,19-20,23H,1-5,22H2. The van der Waals surface area contributed by atoms with Crippen LogP contribution in [0.25, 0.3) is 0 Å². The Kier molecular flexibility index (Phi) is 5.77. The maximum atomic E-state index is 10.5. The second-order valence-corrected chi connectivity index (χ2v) is 6.91. The fourth-order valence-electron chi connectivity index (χ4n) is 3.19. The molecule has 0 spiro atoms. The van der Waals surface area contributed by atoms with Crippen molar-refractivity contribution in [3.05, 3.63) is 64.7 Å². The van der Waals surface area contributed by atoms with Crippen molar-refractivity contribution in [2.45, 2.75) is 50.4 Å². The van der Waals surface area contributed by atoms with Crippen molar-refractivity contribution in [1.82, 2.24) is 0 Å². The number of aliphatic hydroxyl groups excluding tert-OH is 1. The van der Waals surface area contributed by atoms with Crippen LogP contribution in [0.5, 0.6) is 5.75 Å². The minimum absolute atomic E-state index is 0.325. The molecule has 0 aliphatic heterocycles. The maximum absolute atomic E-state index is 10.5. The zero-order chi connectivity index (χ0) is 16.9. The zero-order valence-corrected chi connectivity index (χ0v) is 14.5. The molecule has 0 bridgehead atoms. The molecule has 0 aromatic heterocycles. The van der Waals surface area contributed by atoms with E-state index in [9.17, 15) is 5.11 Å². The summed E-state index contributed by atoms with van der Waals surface area (Å²) in [6, 6.07) is 14.4. The first-order chi connectivity index (χ1) is 11.6. The van der Waals surface area contributed by atoms with Gasteiger partial charge in [0, 0.05) is 5.02 Å². The van der Waals surface area contributed by atoms with Crippen LogP contribution in [0.4, 0.5) is 0 Å². The number of ether oxygens (including phenoxy) is 1. The van der Waals surface area contributed by atoms with Gasteiger partial charge in [-0.15, -0.1) is 0 Å². The molecule has 4 heteroatoms. The van der Waals surface area contributed by atoms with Crippen LogP contribution in [0.15, 0.2) is 48.5 Å². The van der Waals surface area contributed by atoms with Crippen molar-refractivity contribution < 1.29 is 9.84 Å². The van der Waals surface area contributed by atoms with Crippen LogP contribution >= 0.6 is 11.6 Å². The van der Waals surface area contributed by atoms with Crippen LogP contribution in [0.3, 0.4) is 0 Å². The number of aliphatic hydroxyl groups is 1. The van der Waals surface area contributed by atoms with Crippen LogP contribution in [0.2, 0.25) is 5.02 Å². The Morgan fingerprint density at radius 3 is 2.12 bits per heavy atom. The average molecular weight is 346 g/mol. The zero-order valence-electron chi connectivity index (χ0n) is 13.7. The van der Waals surface area contributed by atoms with Crippen molar-refractivity contribution in [2.24, 2.45) is 5.73 Å². The highest BCUT2D eigenvalue weighted by molar-refractivity contribution is 6.30. The maximum Gasteiger partial charge on any atom is 0.119 e. The molecule has 2 aromatic carbocycles. The topological polar surface area (TPSA) is 55.5 Å². The van der Waals surface area contributed by atoms with Gasteiger partial charge in [0.1, 0.15) is 5.75 Å². The molecular formula is C20H24ClNO2. The molecule has 3 rings (SSSR count). The molecule has 3 nitrogen and oxygen atoms in total. The highest BCUT2D eigenvalue weighted by Crippen LogP contribution is 2.29. The van der Waals surface area contributed by atoms with Gasteiger partial charge in [-0.1, -0.05) is 42.3 Å². The molecule has 2 aromatic rings. The molecule has 1 aliphatic rings. The van der Waals surface area contributed by atoms with E-state index in [4.69, 9.17) is 22.1 Å². The van der Waals surface area contributed by atoms with Gasteiger partial charge in [-0.2, -0.15) is 0 Å². The summed E-state index contributed by atoms with van der Waals surface area (Å²) in [7, 11) is 0. The van der Waals surface area contributed by atoms with Crippen LogP contribution in [0, 0.1) is 0 Å². The van der Waals surface area contributed by atoms with E-state index in [1.165, 1.54) is 19.3 Å². The lowest BCUT2D eigenvalue weighted by Crippen LogP contribution is -2.20. The number of hydrogen-bond acceptors (Lipinski definition) is 3. The molecule has 0 amide bonds. The summed E-state index contributed by atoms with van der Waals surface area (Å²) in [5.41, 5.74) is 7.83. The van der Waals surface area contributed by atoms with E-state index < -0.39 is 12.1 Å². The Balaban J connectivity index is 1.64. The molecule has 2 atom stereocenters. The van der Waals surface area contributed by atoms with E-state index in [2.05, 4.69) is 0 Å². The Labute approximate surface area is 148 Å². The Bertz CT molecular complexity index is 636. The van der Waals surface area contributed by atoms with Crippen LogP contribution in [-0.2, 0) is 0 Å². The molecule has 3 N–H and O–H groups in total. The SMILES string of the molecule is NC(c1ccc(Cl)cc1)C(O)c1ccc(OC2CCCCC2)cc1. The summed E-state index contributed by atoms with van der Waals surface area (Å²) >= 11 is 5.89. The van der Waals surface area contributed by atoms with Gasteiger partial charge in [0.15, 0.2) is 0 Å². The second-order valence-electron chi connectivity index (χ2n) is 6.47. The van der Waals surface area contributed by atoms with Gasteiger partial charge >= 0.3 is 0 Å². The minimum atomic E-state index is -0.769. The van der Waals surface area contributed by atoms with Gasteiger partial charge in [0.05, 0.1) is 18.2 Å². The molecule has 128 valence electrons. The van der Waals surface area contributed by atoms with E-state index >= 15 is 0 Å². The van der Waals surface area contributed by atoms with E-state index in [0.717, 1.165) is 29.7 Å². The monoisotopic (exact) mass is 345 g/mol. The third-order valence-corrected chi connectivity index (χ3v) is 4.92. The molecule has 24 heavy (non-hydrogen) atoms. The highest BCUT2D eigenvalue weighted by atomic mass is 35.5. The van der Waals surface area contributed by atoms with Crippen LogP contribution in [-0.4, -0.2) is 11.2 Å². The molecule has 0 radical (unpaired) electrons. The normalized spacial score (nSPS) is 18.1. The van der Waals surface area contributed by atoms with Crippen molar-refractivity contribution in [3.8, 4) is 5.75 Å². The molecular weight excluding hydrogens is 322 g/mol. The van der Waals surface area contributed by atoms with Crippen LogP contribution in [0.1, 0.15) is 55.4 Å².